The van der Waals surface area contributed by atoms with E-state index in [1.54, 1.807) is 10.8 Å². The Morgan fingerprint density at radius 3 is 2.59 bits per heavy atom. The third-order valence-corrected chi connectivity index (χ3v) is 5.30. The minimum atomic E-state index is -0.368. The molecule has 5 rings (SSSR count). The number of hydrogen-bond donors (Lipinski definition) is 1. The number of para-hydroxylation sites is 2. The molecule has 0 amide bonds. The Morgan fingerprint density at radius 2 is 1.78 bits per heavy atom. The van der Waals surface area contributed by atoms with Gasteiger partial charge in [-0.15, -0.1) is 0 Å². The molecule has 0 unspecified atom stereocenters. The third kappa shape index (κ3) is 3.82. The van der Waals surface area contributed by atoms with E-state index in [0.29, 0.717) is 22.0 Å². The number of phenolic OH excluding ortho intramolecular Hbond substituents is 1. The van der Waals surface area contributed by atoms with E-state index in [1.807, 2.05) is 66.9 Å². The summed E-state index contributed by atoms with van der Waals surface area (Å²) in [7, 11) is 0. The third-order valence-electron chi connectivity index (χ3n) is 5.06. The van der Waals surface area contributed by atoms with Crippen molar-refractivity contribution in [1.29, 1.82) is 0 Å². The van der Waals surface area contributed by atoms with Gasteiger partial charge in [0.05, 0.1) is 11.3 Å². The fourth-order valence-electron chi connectivity index (χ4n) is 3.47. The first-order chi connectivity index (χ1) is 15.6. The summed E-state index contributed by atoms with van der Waals surface area (Å²) in [5.74, 6) is 0.105. The molecule has 5 aromatic rings. The first-order valence-corrected chi connectivity index (χ1v) is 10.3. The maximum absolute atomic E-state index is 12.7. The van der Waals surface area contributed by atoms with Crippen LogP contribution in [-0.2, 0) is 0 Å². The predicted molar refractivity (Wildman–Crippen MR) is 125 cm³/mol. The standard InChI is InChI=1S/C26H17ClN2O3/c27-19-11-13-23(31)21(15-19)22(30)12-10-18-16-29(20-7-2-1-3-8-20)28-26(18)25-14-17-6-4-5-9-24(17)32-25/h1-16,31H/b12-10+. The van der Waals surface area contributed by atoms with Crippen LogP contribution in [0.3, 0.4) is 0 Å². The molecule has 3 aromatic carbocycles. The average Bonchev–Trinajstić information content (AvgIpc) is 3.43. The number of furan rings is 1. The summed E-state index contributed by atoms with van der Waals surface area (Å²) in [6, 6.07) is 23.7. The van der Waals surface area contributed by atoms with Gasteiger partial charge in [-0.25, -0.2) is 4.68 Å². The smallest absolute Gasteiger partial charge is 0.189 e. The van der Waals surface area contributed by atoms with Gasteiger partial charge in [0.15, 0.2) is 11.5 Å². The molecular weight excluding hydrogens is 424 g/mol. The molecule has 6 heteroatoms. The number of aromatic hydroxyl groups is 1. The van der Waals surface area contributed by atoms with Gasteiger partial charge in [-0.1, -0.05) is 48.0 Å². The number of hydrogen-bond acceptors (Lipinski definition) is 4. The Hall–Kier alpha value is -4.09. The number of nitrogens with zero attached hydrogens (tertiary/aromatic N) is 2. The van der Waals surface area contributed by atoms with Crippen LogP contribution >= 0.6 is 11.6 Å². The highest BCUT2D eigenvalue weighted by Crippen LogP contribution is 2.31. The number of halogens is 1. The van der Waals surface area contributed by atoms with Crippen molar-refractivity contribution in [2.24, 2.45) is 0 Å². The fraction of sp³-hybridized carbons (Fsp3) is 0. The zero-order valence-electron chi connectivity index (χ0n) is 16.8. The maximum Gasteiger partial charge on any atom is 0.189 e. The fourth-order valence-corrected chi connectivity index (χ4v) is 3.65. The van der Waals surface area contributed by atoms with E-state index in [0.717, 1.165) is 16.7 Å². The zero-order chi connectivity index (χ0) is 22.1. The van der Waals surface area contributed by atoms with Gasteiger partial charge < -0.3 is 9.52 Å². The lowest BCUT2D eigenvalue weighted by Gasteiger charge is -2.00. The van der Waals surface area contributed by atoms with E-state index < -0.39 is 0 Å². The minimum Gasteiger partial charge on any atom is -0.507 e. The quantitative estimate of drug-likeness (QED) is 0.249. The van der Waals surface area contributed by atoms with Crippen molar-refractivity contribution in [1.82, 2.24) is 9.78 Å². The molecule has 5 nitrogen and oxygen atoms in total. The molecule has 0 aliphatic carbocycles. The molecule has 0 atom stereocenters. The molecule has 0 radical (unpaired) electrons. The molecule has 0 aliphatic heterocycles. The monoisotopic (exact) mass is 440 g/mol. The summed E-state index contributed by atoms with van der Waals surface area (Å²) >= 11 is 5.98. The predicted octanol–water partition coefficient (Wildman–Crippen LogP) is 6.54. The molecule has 2 aromatic heterocycles. The summed E-state index contributed by atoms with van der Waals surface area (Å²) < 4.78 is 7.76. The Kier molecular flexibility index (Phi) is 5.09. The average molecular weight is 441 g/mol. The normalized spacial score (nSPS) is 11.4. The number of aromatic nitrogens is 2. The van der Waals surface area contributed by atoms with E-state index in [-0.39, 0.29) is 17.1 Å². The van der Waals surface area contributed by atoms with Crippen LogP contribution in [0.2, 0.25) is 5.02 Å². The Balaban J connectivity index is 1.58. The maximum atomic E-state index is 12.7. The molecule has 0 saturated carbocycles. The van der Waals surface area contributed by atoms with Crippen molar-refractivity contribution in [2.75, 3.05) is 0 Å². The van der Waals surface area contributed by atoms with Gasteiger partial charge >= 0.3 is 0 Å². The van der Waals surface area contributed by atoms with Crippen LogP contribution in [0.4, 0.5) is 0 Å². The second-order valence-electron chi connectivity index (χ2n) is 7.22. The molecule has 0 aliphatic rings. The summed E-state index contributed by atoms with van der Waals surface area (Å²) in [5.41, 5.74) is 3.07. The number of phenols is 1. The summed E-state index contributed by atoms with van der Waals surface area (Å²) in [5, 5.41) is 16.1. The van der Waals surface area contributed by atoms with Crippen LogP contribution in [0.15, 0.2) is 95.6 Å². The Bertz CT molecular complexity index is 1430. The number of carbonyl (C=O) groups is 1. The van der Waals surface area contributed by atoms with Crippen molar-refractivity contribution in [2.45, 2.75) is 0 Å². The van der Waals surface area contributed by atoms with Crippen LogP contribution in [0.5, 0.6) is 5.75 Å². The number of allylic oxidation sites excluding steroid dienone is 1. The van der Waals surface area contributed by atoms with Gasteiger partial charge in [0, 0.05) is 22.2 Å². The van der Waals surface area contributed by atoms with Gasteiger partial charge in [-0.3, -0.25) is 4.79 Å². The van der Waals surface area contributed by atoms with Gasteiger partial charge in [-0.05, 0) is 54.6 Å². The van der Waals surface area contributed by atoms with E-state index in [9.17, 15) is 9.90 Å². The number of benzene rings is 3. The number of carbonyl (C=O) groups excluding carboxylic acids is 1. The van der Waals surface area contributed by atoms with Gasteiger partial charge in [0.25, 0.3) is 0 Å². The van der Waals surface area contributed by atoms with E-state index in [1.165, 1.54) is 24.3 Å². The molecule has 2 heterocycles. The summed E-state index contributed by atoms with van der Waals surface area (Å²) in [6.07, 6.45) is 4.89. The van der Waals surface area contributed by atoms with Crippen LogP contribution in [-0.4, -0.2) is 20.7 Å². The highest BCUT2D eigenvalue weighted by Gasteiger charge is 2.16. The molecule has 1 N–H and O–H groups in total. The molecular formula is C26H17ClN2O3. The topological polar surface area (TPSA) is 68.3 Å². The molecule has 0 bridgehead atoms. The van der Waals surface area contributed by atoms with Crippen molar-refractivity contribution in [3.63, 3.8) is 0 Å². The van der Waals surface area contributed by atoms with Gasteiger partial charge in [0.2, 0.25) is 0 Å². The molecule has 156 valence electrons. The second-order valence-corrected chi connectivity index (χ2v) is 7.66. The Morgan fingerprint density at radius 1 is 1.00 bits per heavy atom. The molecule has 0 saturated heterocycles. The van der Waals surface area contributed by atoms with Gasteiger partial charge in [0.1, 0.15) is 17.0 Å². The van der Waals surface area contributed by atoms with E-state index >= 15 is 0 Å². The van der Waals surface area contributed by atoms with Crippen LogP contribution in [0.25, 0.3) is 34.2 Å². The van der Waals surface area contributed by atoms with Crippen molar-refractivity contribution >= 4 is 34.4 Å². The summed E-state index contributed by atoms with van der Waals surface area (Å²) in [4.78, 5) is 12.7. The highest BCUT2D eigenvalue weighted by atomic mass is 35.5. The highest BCUT2D eigenvalue weighted by molar-refractivity contribution is 6.31. The minimum absolute atomic E-state index is 0.124. The second kappa shape index (κ2) is 8.21. The first kappa shape index (κ1) is 19.8. The zero-order valence-corrected chi connectivity index (χ0v) is 17.5. The van der Waals surface area contributed by atoms with E-state index in [2.05, 4.69) is 0 Å². The number of fused-ring (bicyclic) bond motifs is 1. The SMILES string of the molecule is O=C(/C=C/c1cn(-c2ccccc2)nc1-c1cc2ccccc2o1)c1cc(Cl)ccc1O. The van der Waals surface area contributed by atoms with Crippen molar-refractivity contribution < 1.29 is 14.3 Å². The molecule has 0 spiro atoms. The van der Waals surface area contributed by atoms with Crippen LogP contribution < -0.4 is 0 Å². The molecule has 0 fully saturated rings. The van der Waals surface area contributed by atoms with Gasteiger partial charge in [-0.2, -0.15) is 5.10 Å². The number of rotatable bonds is 5. The van der Waals surface area contributed by atoms with Crippen LogP contribution in [0.1, 0.15) is 15.9 Å². The first-order valence-electron chi connectivity index (χ1n) is 9.93. The van der Waals surface area contributed by atoms with Crippen molar-refractivity contribution in [3.8, 4) is 22.9 Å². The largest absolute Gasteiger partial charge is 0.507 e. The lowest BCUT2D eigenvalue weighted by Crippen LogP contribution is -1.94. The Labute approximate surface area is 188 Å². The number of ketones is 1. The lowest BCUT2D eigenvalue weighted by molar-refractivity contribution is 0.104. The van der Waals surface area contributed by atoms with Crippen LogP contribution in [0, 0.1) is 0 Å². The van der Waals surface area contributed by atoms with E-state index in [4.69, 9.17) is 21.1 Å². The lowest BCUT2D eigenvalue weighted by atomic mass is 10.1. The summed E-state index contributed by atoms with van der Waals surface area (Å²) in [6.45, 7) is 0. The van der Waals surface area contributed by atoms with Crippen molar-refractivity contribution in [3.05, 3.63) is 107 Å². The molecule has 32 heavy (non-hydrogen) atoms.